The quantitative estimate of drug-likeness (QED) is 0.872. The molecule has 1 aromatic heterocycles. The number of hydrogen-bond acceptors (Lipinski definition) is 3. The third-order valence-corrected chi connectivity index (χ3v) is 7.17. The van der Waals surface area contributed by atoms with E-state index in [2.05, 4.69) is 4.72 Å². The number of rotatable bonds is 4. The highest BCUT2D eigenvalue weighted by molar-refractivity contribution is 7.92. The van der Waals surface area contributed by atoms with Crippen molar-refractivity contribution in [1.29, 1.82) is 0 Å². The number of aromatic nitrogens is 1. The lowest BCUT2D eigenvalue weighted by atomic mass is 10.1. The number of nitrogens with one attached hydrogen (secondary N) is 1. The van der Waals surface area contributed by atoms with Crippen LogP contribution in [0.3, 0.4) is 0 Å². The van der Waals surface area contributed by atoms with Crippen molar-refractivity contribution in [2.75, 3.05) is 17.8 Å². The predicted molar refractivity (Wildman–Crippen MR) is 107 cm³/mol. The molecule has 0 aliphatic carbocycles. The van der Waals surface area contributed by atoms with Gasteiger partial charge in [-0.1, -0.05) is 12.1 Å². The zero-order valence-corrected chi connectivity index (χ0v) is 17.4. The Morgan fingerprint density at radius 3 is 2.30 bits per heavy atom. The predicted octanol–water partition coefficient (Wildman–Crippen LogP) is 3.30. The van der Waals surface area contributed by atoms with Gasteiger partial charge in [-0.2, -0.15) is 0 Å². The molecule has 0 spiro atoms. The highest BCUT2D eigenvalue weighted by Crippen LogP contribution is 2.31. The molecule has 1 N–H and O–H groups in total. The van der Waals surface area contributed by atoms with Crippen LogP contribution in [0.2, 0.25) is 0 Å². The fourth-order valence-electron chi connectivity index (χ4n) is 3.63. The number of benzene rings is 1. The number of carbonyl (C=O) groups excluding carboxylic acids is 1. The van der Waals surface area contributed by atoms with Crippen LogP contribution >= 0.6 is 0 Å². The second-order valence-corrected chi connectivity index (χ2v) is 8.91. The van der Waals surface area contributed by atoms with Crippen LogP contribution in [0.1, 0.15) is 45.7 Å². The second-order valence-electron chi connectivity index (χ2n) is 7.29. The van der Waals surface area contributed by atoms with Gasteiger partial charge in [0.2, 0.25) is 0 Å². The molecule has 7 heteroatoms. The van der Waals surface area contributed by atoms with E-state index >= 15 is 0 Å². The molecule has 6 nitrogen and oxygen atoms in total. The van der Waals surface area contributed by atoms with Crippen LogP contribution in [0.25, 0.3) is 0 Å². The Balaban J connectivity index is 2.11. The van der Waals surface area contributed by atoms with Gasteiger partial charge in [0.25, 0.3) is 15.9 Å². The van der Waals surface area contributed by atoms with E-state index in [0.29, 0.717) is 30.2 Å². The van der Waals surface area contributed by atoms with Crippen molar-refractivity contribution in [3.8, 4) is 0 Å². The summed E-state index contributed by atoms with van der Waals surface area (Å²) >= 11 is 0. The lowest BCUT2D eigenvalue weighted by Gasteiger charge is -2.17. The Morgan fingerprint density at radius 2 is 1.67 bits per heavy atom. The number of aryl methyl sites for hydroxylation is 1. The first-order valence-corrected chi connectivity index (χ1v) is 10.7. The molecule has 0 bridgehead atoms. The summed E-state index contributed by atoms with van der Waals surface area (Å²) in [5.74, 6) is -0.199. The SMILES string of the molecule is Cc1cccc(NS(=O)(=O)c2c(C(=O)N3CCCC3)c(C)n(C)c2C)c1C. The first kappa shape index (κ1) is 19.5. The van der Waals surface area contributed by atoms with Gasteiger partial charge in [-0.15, -0.1) is 0 Å². The second kappa shape index (κ2) is 7.03. The van der Waals surface area contributed by atoms with Crippen molar-refractivity contribution >= 4 is 21.6 Å². The third kappa shape index (κ3) is 3.36. The maximum Gasteiger partial charge on any atom is 0.264 e. The van der Waals surface area contributed by atoms with Crippen LogP contribution in [0.15, 0.2) is 23.1 Å². The zero-order chi connectivity index (χ0) is 19.9. The Hall–Kier alpha value is -2.28. The summed E-state index contributed by atoms with van der Waals surface area (Å²) in [6.45, 7) is 8.71. The largest absolute Gasteiger partial charge is 0.350 e. The molecule has 27 heavy (non-hydrogen) atoms. The zero-order valence-electron chi connectivity index (χ0n) is 16.6. The minimum atomic E-state index is -3.91. The fourth-order valence-corrected chi connectivity index (χ4v) is 5.28. The monoisotopic (exact) mass is 389 g/mol. The van der Waals surface area contributed by atoms with Gasteiger partial charge in [-0.05, 0) is 57.7 Å². The molecule has 1 aliphatic rings. The van der Waals surface area contributed by atoms with Gasteiger partial charge in [0, 0.05) is 31.5 Å². The molecule has 1 aromatic carbocycles. The van der Waals surface area contributed by atoms with Gasteiger partial charge in [0.05, 0.1) is 11.3 Å². The lowest BCUT2D eigenvalue weighted by molar-refractivity contribution is 0.0788. The molecule has 1 aliphatic heterocycles. The summed E-state index contributed by atoms with van der Waals surface area (Å²) in [7, 11) is -2.11. The number of anilines is 1. The molecule has 0 radical (unpaired) electrons. The van der Waals surface area contributed by atoms with Gasteiger partial charge < -0.3 is 9.47 Å². The van der Waals surface area contributed by atoms with Crippen LogP contribution in [0.4, 0.5) is 5.69 Å². The van der Waals surface area contributed by atoms with E-state index < -0.39 is 10.0 Å². The van der Waals surface area contributed by atoms with Crippen LogP contribution < -0.4 is 4.72 Å². The molecular formula is C20H27N3O3S. The number of nitrogens with zero attached hydrogens (tertiary/aromatic N) is 2. The summed E-state index contributed by atoms with van der Waals surface area (Å²) in [4.78, 5) is 14.9. The molecule has 0 atom stereocenters. The average Bonchev–Trinajstić information content (AvgIpc) is 3.22. The fraction of sp³-hybridized carbons (Fsp3) is 0.450. The third-order valence-electron chi connectivity index (χ3n) is 5.65. The Morgan fingerprint density at radius 1 is 1.04 bits per heavy atom. The van der Waals surface area contributed by atoms with Crippen molar-refractivity contribution in [1.82, 2.24) is 9.47 Å². The molecule has 0 unspecified atom stereocenters. The number of likely N-dealkylation sites (tertiary alicyclic amines) is 1. The molecule has 146 valence electrons. The maximum absolute atomic E-state index is 13.3. The summed E-state index contributed by atoms with van der Waals surface area (Å²) in [6.07, 6.45) is 1.92. The van der Waals surface area contributed by atoms with E-state index in [0.717, 1.165) is 24.0 Å². The number of amides is 1. The van der Waals surface area contributed by atoms with E-state index in [1.807, 2.05) is 26.0 Å². The minimum absolute atomic E-state index is 0.0836. The molecule has 1 fully saturated rings. The Kier molecular flexibility index (Phi) is 5.08. The smallest absolute Gasteiger partial charge is 0.264 e. The maximum atomic E-state index is 13.3. The minimum Gasteiger partial charge on any atom is -0.350 e. The number of hydrogen-bond donors (Lipinski definition) is 1. The first-order chi connectivity index (χ1) is 12.6. The normalized spacial score (nSPS) is 14.6. The van der Waals surface area contributed by atoms with Gasteiger partial charge in [-0.3, -0.25) is 9.52 Å². The van der Waals surface area contributed by atoms with Crippen molar-refractivity contribution in [3.63, 3.8) is 0 Å². The highest BCUT2D eigenvalue weighted by Gasteiger charge is 2.33. The van der Waals surface area contributed by atoms with Gasteiger partial charge in [0.15, 0.2) is 0 Å². The molecule has 2 aromatic rings. The van der Waals surface area contributed by atoms with E-state index in [9.17, 15) is 13.2 Å². The molecule has 3 rings (SSSR count). The summed E-state index contributed by atoms with van der Waals surface area (Å²) in [5.41, 5.74) is 3.94. The standard InChI is InChI=1S/C20H27N3O3S/c1-13-9-8-10-17(14(13)2)21-27(25,26)19-16(4)22(5)15(3)18(19)20(24)23-11-6-7-12-23/h8-10,21H,6-7,11-12H2,1-5H3. The van der Waals surface area contributed by atoms with Gasteiger partial charge in [-0.25, -0.2) is 8.42 Å². The number of sulfonamides is 1. The van der Waals surface area contributed by atoms with E-state index in [1.165, 1.54) is 0 Å². The lowest BCUT2D eigenvalue weighted by Crippen LogP contribution is -2.30. The van der Waals surface area contributed by atoms with Crippen molar-refractivity contribution in [2.24, 2.45) is 7.05 Å². The average molecular weight is 390 g/mol. The van der Waals surface area contributed by atoms with Crippen LogP contribution in [-0.4, -0.2) is 36.9 Å². The Bertz CT molecular complexity index is 1000. The van der Waals surface area contributed by atoms with Gasteiger partial charge in [0.1, 0.15) is 4.90 Å². The first-order valence-electron chi connectivity index (χ1n) is 9.19. The van der Waals surface area contributed by atoms with E-state index in [4.69, 9.17) is 0 Å². The van der Waals surface area contributed by atoms with Crippen molar-refractivity contribution in [3.05, 3.63) is 46.3 Å². The van der Waals surface area contributed by atoms with Gasteiger partial charge >= 0.3 is 0 Å². The van der Waals surface area contributed by atoms with Crippen LogP contribution in [0, 0.1) is 27.7 Å². The molecule has 1 amide bonds. The molecule has 1 saturated heterocycles. The topological polar surface area (TPSA) is 71.4 Å². The van der Waals surface area contributed by atoms with E-state index in [1.54, 1.807) is 36.4 Å². The van der Waals surface area contributed by atoms with Crippen molar-refractivity contribution < 1.29 is 13.2 Å². The summed E-state index contributed by atoms with van der Waals surface area (Å²) in [6, 6.07) is 5.50. The molecular weight excluding hydrogens is 362 g/mol. The highest BCUT2D eigenvalue weighted by atomic mass is 32.2. The number of carbonyl (C=O) groups is 1. The molecule has 2 heterocycles. The van der Waals surface area contributed by atoms with Crippen molar-refractivity contribution in [2.45, 2.75) is 45.4 Å². The van der Waals surface area contributed by atoms with E-state index in [-0.39, 0.29) is 16.4 Å². The summed E-state index contributed by atoms with van der Waals surface area (Å²) in [5, 5.41) is 0. The Labute approximate surface area is 161 Å². The summed E-state index contributed by atoms with van der Waals surface area (Å²) < 4.78 is 31.1. The van der Waals surface area contributed by atoms with Crippen LogP contribution in [-0.2, 0) is 17.1 Å². The molecule has 0 saturated carbocycles. The van der Waals surface area contributed by atoms with Crippen LogP contribution in [0.5, 0.6) is 0 Å².